The molecule has 0 spiro atoms. The van der Waals surface area contributed by atoms with Crippen molar-refractivity contribution in [2.24, 2.45) is 0 Å². The highest BCUT2D eigenvalue weighted by Gasteiger charge is 1.79. The predicted octanol–water partition coefficient (Wildman–Crippen LogP) is 2.61. The van der Waals surface area contributed by atoms with Crippen molar-refractivity contribution in [3.8, 4) is 0 Å². The van der Waals surface area contributed by atoms with E-state index >= 15 is 0 Å². The minimum absolute atomic E-state index is 0. The molecule has 7 heavy (non-hydrogen) atoms. The van der Waals surface area contributed by atoms with Gasteiger partial charge in [-0.25, -0.2) is 0 Å². The lowest BCUT2D eigenvalue weighted by atomic mass is 10.4. The van der Waals surface area contributed by atoms with Crippen molar-refractivity contribution in [3.63, 3.8) is 0 Å². The molecule has 44 valence electrons. The lowest BCUT2D eigenvalue weighted by Gasteiger charge is -1.91. The fourth-order valence-corrected chi connectivity index (χ4v) is 0. The summed E-state index contributed by atoms with van der Waals surface area (Å²) in [7, 11) is 0. The molecule has 0 saturated carbocycles. The van der Waals surface area contributed by atoms with E-state index in [9.17, 15) is 0 Å². The van der Waals surface area contributed by atoms with Gasteiger partial charge in [-0.1, -0.05) is 20.3 Å². The molecule has 0 nitrogen and oxygen atoms in total. The molecule has 0 rings (SSSR count). The van der Waals surface area contributed by atoms with Gasteiger partial charge >= 0.3 is 0 Å². The van der Waals surface area contributed by atoms with E-state index in [-0.39, 0.29) is 48.0 Å². The Kier molecular flexibility index (Phi) is 24.9. The van der Waals surface area contributed by atoms with Crippen LogP contribution in [0.3, 0.4) is 0 Å². The maximum atomic E-state index is 2.73. The van der Waals surface area contributed by atoms with E-state index in [4.69, 9.17) is 0 Å². The summed E-state index contributed by atoms with van der Waals surface area (Å²) in [5.74, 6) is 0. The summed E-state index contributed by atoms with van der Waals surface area (Å²) < 4.78 is 0.801. The van der Waals surface area contributed by atoms with Crippen molar-refractivity contribution in [1.82, 2.24) is 0 Å². The Labute approximate surface area is 88.3 Å². The SMILES string of the molecule is CC[CH](C)[Al].I.I. The summed E-state index contributed by atoms with van der Waals surface area (Å²) in [4.78, 5) is 0. The maximum Gasteiger partial charge on any atom is 0.123 e. The molecule has 0 aromatic rings. The van der Waals surface area contributed by atoms with Crippen LogP contribution in [-0.4, -0.2) is 16.3 Å². The normalized spacial score (nSPS) is 10.6. The van der Waals surface area contributed by atoms with Gasteiger partial charge in [0.1, 0.15) is 16.3 Å². The zero-order chi connectivity index (χ0) is 4.28. The number of hydrogen-bond donors (Lipinski definition) is 0. The van der Waals surface area contributed by atoms with Crippen LogP contribution in [0.15, 0.2) is 0 Å². The Bertz CT molecular complexity index is 23.7. The van der Waals surface area contributed by atoms with Crippen LogP contribution in [0, 0.1) is 0 Å². The van der Waals surface area contributed by atoms with Crippen LogP contribution in [0.5, 0.6) is 0 Å². The van der Waals surface area contributed by atoms with E-state index in [1.54, 1.807) is 0 Å². The molecule has 0 heterocycles. The lowest BCUT2D eigenvalue weighted by molar-refractivity contribution is 0.880. The van der Waals surface area contributed by atoms with Gasteiger partial charge in [0.2, 0.25) is 0 Å². The minimum atomic E-state index is 0. The molecule has 0 aliphatic heterocycles. The van der Waals surface area contributed by atoms with Crippen LogP contribution in [0.4, 0.5) is 0 Å². The van der Waals surface area contributed by atoms with Crippen LogP contribution in [0.1, 0.15) is 20.3 Å². The van der Waals surface area contributed by atoms with E-state index in [1.807, 2.05) is 0 Å². The second kappa shape index (κ2) is 10.9. The molecular weight excluding hydrogens is 329 g/mol. The monoisotopic (exact) mass is 340 g/mol. The standard InChI is InChI=1S/C4H9.Al.2HI/c1-3-4-2;;;/h3H,4H2,1-2H3;;2*1H. The molecule has 1 atom stereocenters. The molecular formula is C4H11AlI2. The number of halogens is 2. The molecule has 0 saturated heterocycles. The third-order valence-corrected chi connectivity index (χ3v) is 1.12. The molecule has 0 aliphatic rings. The lowest BCUT2D eigenvalue weighted by Crippen LogP contribution is -1.76. The first kappa shape index (κ1) is 16.0. The molecule has 3 heteroatoms. The molecule has 0 bridgehead atoms. The molecule has 1 unspecified atom stereocenters. The summed E-state index contributed by atoms with van der Waals surface area (Å²) in [6, 6.07) is 0. The topological polar surface area (TPSA) is 0 Å². The van der Waals surface area contributed by atoms with Crippen molar-refractivity contribution in [2.45, 2.75) is 25.0 Å². The summed E-state index contributed by atoms with van der Waals surface area (Å²) in [6.07, 6.45) is 1.27. The van der Waals surface area contributed by atoms with Gasteiger partial charge in [-0.3, -0.25) is 0 Å². The van der Waals surface area contributed by atoms with Gasteiger partial charge in [0.25, 0.3) is 0 Å². The van der Waals surface area contributed by atoms with Crippen molar-refractivity contribution >= 4 is 64.2 Å². The van der Waals surface area contributed by atoms with E-state index in [2.05, 4.69) is 30.1 Å². The second-order valence-electron chi connectivity index (χ2n) is 1.39. The Balaban J connectivity index is -0.0000000800. The smallest absolute Gasteiger partial charge is 0.110 e. The van der Waals surface area contributed by atoms with Gasteiger partial charge in [0.15, 0.2) is 0 Å². The number of rotatable bonds is 1. The van der Waals surface area contributed by atoms with Crippen molar-refractivity contribution in [1.29, 1.82) is 0 Å². The minimum Gasteiger partial charge on any atom is -0.110 e. The second-order valence-corrected chi connectivity index (χ2v) is 2.52. The number of hydrogen-bond acceptors (Lipinski definition) is 0. The largest absolute Gasteiger partial charge is 0.123 e. The van der Waals surface area contributed by atoms with E-state index in [1.165, 1.54) is 6.42 Å². The summed E-state index contributed by atoms with van der Waals surface area (Å²) >= 11 is 2.73. The first-order valence-electron chi connectivity index (χ1n) is 2.03. The van der Waals surface area contributed by atoms with Crippen molar-refractivity contribution in [2.75, 3.05) is 0 Å². The highest BCUT2D eigenvalue weighted by molar-refractivity contribution is 14.0. The fraction of sp³-hybridized carbons (Fsp3) is 1.00. The van der Waals surface area contributed by atoms with Crippen LogP contribution >= 0.6 is 48.0 Å². The predicted molar refractivity (Wildman–Crippen MR) is 56.3 cm³/mol. The fourth-order valence-electron chi connectivity index (χ4n) is 0. The van der Waals surface area contributed by atoms with Gasteiger partial charge in [-0.05, 0) is 0 Å². The van der Waals surface area contributed by atoms with Gasteiger partial charge in [-0.2, -0.15) is 0 Å². The highest BCUT2D eigenvalue weighted by atomic mass is 127. The van der Waals surface area contributed by atoms with Gasteiger partial charge in [0, 0.05) is 0 Å². The zero-order valence-corrected chi connectivity index (χ0v) is 10.5. The Morgan fingerprint density at radius 3 is 1.57 bits per heavy atom. The van der Waals surface area contributed by atoms with E-state index < -0.39 is 0 Å². The van der Waals surface area contributed by atoms with Crippen LogP contribution < -0.4 is 0 Å². The van der Waals surface area contributed by atoms with Crippen LogP contribution in [-0.2, 0) is 0 Å². The Morgan fingerprint density at radius 1 is 1.43 bits per heavy atom. The zero-order valence-electron chi connectivity index (χ0n) is 4.68. The molecule has 0 amide bonds. The highest BCUT2D eigenvalue weighted by Crippen LogP contribution is 1.97. The third-order valence-electron chi connectivity index (χ3n) is 0.644. The molecule has 0 fully saturated rings. The van der Waals surface area contributed by atoms with Crippen LogP contribution in [0.2, 0.25) is 4.78 Å². The molecule has 0 aromatic heterocycles. The van der Waals surface area contributed by atoms with E-state index in [0.29, 0.717) is 0 Å². The molecule has 0 N–H and O–H groups in total. The average molecular weight is 340 g/mol. The van der Waals surface area contributed by atoms with Gasteiger partial charge < -0.3 is 0 Å². The van der Waals surface area contributed by atoms with Gasteiger partial charge in [-0.15, -0.1) is 52.7 Å². The summed E-state index contributed by atoms with van der Waals surface area (Å²) in [5, 5.41) is 0. The Morgan fingerprint density at radius 2 is 1.57 bits per heavy atom. The van der Waals surface area contributed by atoms with Crippen molar-refractivity contribution in [3.05, 3.63) is 0 Å². The molecule has 2 radical (unpaired) electrons. The first-order chi connectivity index (χ1) is 2.27. The van der Waals surface area contributed by atoms with Crippen LogP contribution in [0.25, 0.3) is 0 Å². The van der Waals surface area contributed by atoms with Gasteiger partial charge in [0.05, 0.1) is 0 Å². The molecule has 0 aromatic carbocycles. The van der Waals surface area contributed by atoms with E-state index in [0.717, 1.165) is 4.78 Å². The summed E-state index contributed by atoms with van der Waals surface area (Å²) in [5.41, 5.74) is 0. The third kappa shape index (κ3) is 18.0. The first-order valence-corrected chi connectivity index (χ1v) is 2.69. The quantitative estimate of drug-likeness (QED) is 0.509. The molecule has 0 aliphatic carbocycles. The maximum absolute atomic E-state index is 2.73. The van der Waals surface area contributed by atoms with Crippen molar-refractivity contribution < 1.29 is 0 Å². The average Bonchev–Trinajstić information content (AvgIpc) is 1.38. The summed E-state index contributed by atoms with van der Waals surface area (Å²) in [6.45, 7) is 4.36. The Hall–Kier alpha value is 1.99.